The van der Waals surface area contributed by atoms with Crippen LogP contribution in [0.25, 0.3) is 11.0 Å². The first kappa shape index (κ1) is 13.3. The number of benzene rings is 2. The van der Waals surface area contributed by atoms with Crippen LogP contribution in [0.5, 0.6) is 0 Å². The summed E-state index contributed by atoms with van der Waals surface area (Å²) in [5, 5.41) is 5.47. The van der Waals surface area contributed by atoms with Gasteiger partial charge in [-0.3, -0.25) is 0 Å². The zero-order chi connectivity index (χ0) is 14.1. The molecule has 2 nitrogen and oxygen atoms in total. The van der Waals surface area contributed by atoms with E-state index < -0.39 is 0 Å². The van der Waals surface area contributed by atoms with E-state index in [1.165, 1.54) is 0 Å². The summed E-state index contributed by atoms with van der Waals surface area (Å²) in [6.45, 7) is 2.02. The van der Waals surface area contributed by atoms with Gasteiger partial charge in [0.1, 0.15) is 11.3 Å². The second-order valence-corrected chi connectivity index (χ2v) is 5.44. The highest BCUT2D eigenvalue weighted by Gasteiger charge is 2.13. The van der Waals surface area contributed by atoms with E-state index >= 15 is 0 Å². The second kappa shape index (κ2) is 5.39. The maximum atomic E-state index is 6.18. The maximum absolute atomic E-state index is 6.18. The molecule has 1 unspecified atom stereocenters. The highest BCUT2D eigenvalue weighted by atomic mass is 35.5. The van der Waals surface area contributed by atoms with Gasteiger partial charge in [0.05, 0.1) is 21.8 Å². The van der Waals surface area contributed by atoms with E-state index in [1.54, 1.807) is 6.07 Å². The standard InChI is InChI=1S/C16H13Cl2NO/c1-10(19-13-7-4-6-12(17)16(13)18)15-9-11-5-2-3-8-14(11)20-15/h2-10,19H,1H3. The van der Waals surface area contributed by atoms with Crippen LogP contribution in [0.4, 0.5) is 5.69 Å². The van der Waals surface area contributed by atoms with Crippen LogP contribution in [-0.4, -0.2) is 0 Å². The van der Waals surface area contributed by atoms with Gasteiger partial charge in [-0.1, -0.05) is 47.5 Å². The minimum atomic E-state index is -0.00151. The fourth-order valence-corrected chi connectivity index (χ4v) is 2.49. The van der Waals surface area contributed by atoms with Gasteiger partial charge in [0, 0.05) is 5.39 Å². The number of rotatable bonds is 3. The van der Waals surface area contributed by atoms with Crippen molar-refractivity contribution in [3.05, 3.63) is 64.3 Å². The molecule has 0 aliphatic heterocycles. The fourth-order valence-electron chi connectivity index (χ4n) is 2.14. The number of nitrogens with one attached hydrogen (secondary N) is 1. The Bertz CT molecular complexity index is 718. The molecule has 1 N–H and O–H groups in total. The zero-order valence-corrected chi connectivity index (χ0v) is 12.4. The molecular weight excluding hydrogens is 293 g/mol. The van der Waals surface area contributed by atoms with E-state index in [0.29, 0.717) is 10.0 Å². The fraction of sp³-hybridized carbons (Fsp3) is 0.125. The molecule has 1 atom stereocenters. The van der Waals surface area contributed by atoms with Crippen molar-refractivity contribution in [3.63, 3.8) is 0 Å². The number of anilines is 1. The van der Waals surface area contributed by atoms with Gasteiger partial charge in [0.15, 0.2) is 0 Å². The Morgan fingerprint density at radius 3 is 2.65 bits per heavy atom. The topological polar surface area (TPSA) is 25.2 Å². The lowest BCUT2D eigenvalue weighted by atomic mass is 10.2. The summed E-state index contributed by atoms with van der Waals surface area (Å²) >= 11 is 12.2. The molecule has 0 radical (unpaired) electrons. The first-order valence-electron chi connectivity index (χ1n) is 6.34. The minimum Gasteiger partial charge on any atom is -0.459 e. The molecule has 0 bridgehead atoms. The van der Waals surface area contributed by atoms with E-state index in [4.69, 9.17) is 27.6 Å². The molecular formula is C16H13Cl2NO. The van der Waals surface area contributed by atoms with Crippen LogP contribution in [-0.2, 0) is 0 Å². The van der Waals surface area contributed by atoms with E-state index in [1.807, 2.05) is 49.4 Å². The molecule has 0 fully saturated rings. The Kier molecular flexibility index (Phi) is 3.60. The lowest BCUT2D eigenvalue weighted by Crippen LogP contribution is -2.05. The van der Waals surface area contributed by atoms with Crippen LogP contribution in [0.1, 0.15) is 18.7 Å². The molecule has 2 aromatic carbocycles. The maximum Gasteiger partial charge on any atom is 0.134 e. The second-order valence-electron chi connectivity index (χ2n) is 4.65. The van der Waals surface area contributed by atoms with E-state index in [9.17, 15) is 0 Å². The van der Waals surface area contributed by atoms with Crippen molar-refractivity contribution >= 4 is 39.9 Å². The van der Waals surface area contributed by atoms with Gasteiger partial charge in [-0.15, -0.1) is 0 Å². The van der Waals surface area contributed by atoms with Crippen molar-refractivity contribution < 1.29 is 4.42 Å². The SMILES string of the molecule is CC(Nc1cccc(Cl)c1Cl)c1cc2ccccc2o1. The van der Waals surface area contributed by atoms with E-state index in [2.05, 4.69) is 5.32 Å². The average Bonchev–Trinajstić information content (AvgIpc) is 2.88. The number of furan rings is 1. The monoisotopic (exact) mass is 305 g/mol. The van der Waals surface area contributed by atoms with Crippen LogP contribution in [0, 0.1) is 0 Å². The Labute approximate surface area is 127 Å². The lowest BCUT2D eigenvalue weighted by molar-refractivity contribution is 0.526. The number of para-hydroxylation sites is 1. The Hall–Kier alpha value is -1.64. The summed E-state index contributed by atoms with van der Waals surface area (Å²) in [5.74, 6) is 0.863. The molecule has 3 rings (SSSR count). The van der Waals surface area contributed by atoms with Crippen LogP contribution >= 0.6 is 23.2 Å². The van der Waals surface area contributed by atoms with Gasteiger partial charge in [0.2, 0.25) is 0 Å². The molecule has 0 saturated heterocycles. The average molecular weight is 306 g/mol. The zero-order valence-electron chi connectivity index (χ0n) is 10.9. The summed E-state index contributed by atoms with van der Waals surface area (Å²) in [4.78, 5) is 0. The first-order valence-corrected chi connectivity index (χ1v) is 7.10. The molecule has 4 heteroatoms. The summed E-state index contributed by atoms with van der Waals surface area (Å²) in [6, 6.07) is 15.5. The van der Waals surface area contributed by atoms with Crippen molar-refractivity contribution in [2.24, 2.45) is 0 Å². The summed E-state index contributed by atoms with van der Waals surface area (Å²) in [6.07, 6.45) is 0. The third-order valence-electron chi connectivity index (χ3n) is 3.19. The van der Waals surface area contributed by atoms with Crippen LogP contribution in [0.2, 0.25) is 10.0 Å². The highest BCUT2D eigenvalue weighted by molar-refractivity contribution is 6.43. The van der Waals surface area contributed by atoms with Crippen molar-refractivity contribution in [1.82, 2.24) is 0 Å². The smallest absolute Gasteiger partial charge is 0.134 e. The number of hydrogen-bond acceptors (Lipinski definition) is 2. The molecule has 102 valence electrons. The molecule has 3 aromatic rings. The molecule has 1 heterocycles. The van der Waals surface area contributed by atoms with Crippen LogP contribution < -0.4 is 5.32 Å². The molecule has 0 saturated carbocycles. The number of halogens is 2. The lowest BCUT2D eigenvalue weighted by Gasteiger charge is -2.14. The van der Waals surface area contributed by atoms with Crippen LogP contribution in [0.3, 0.4) is 0 Å². The van der Waals surface area contributed by atoms with Gasteiger partial charge in [-0.25, -0.2) is 0 Å². The quantitative estimate of drug-likeness (QED) is 0.650. The Morgan fingerprint density at radius 2 is 1.85 bits per heavy atom. The molecule has 1 aromatic heterocycles. The molecule has 20 heavy (non-hydrogen) atoms. The third kappa shape index (κ3) is 2.49. The predicted molar refractivity (Wildman–Crippen MR) is 84.7 cm³/mol. The predicted octanol–water partition coefficient (Wildman–Crippen LogP) is 5.91. The number of fused-ring (bicyclic) bond motifs is 1. The molecule has 0 aliphatic carbocycles. The first-order chi connectivity index (χ1) is 9.65. The van der Waals surface area contributed by atoms with E-state index in [0.717, 1.165) is 22.4 Å². The normalized spacial score (nSPS) is 12.6. The summed E-state index contributed by atoms with van der Waals surface area (Å²) < 4.78 is 5.83. The van der Waals surface area contributed by atoms with Gasteiger partial charge < -0.3 is 9.73 Å². The van der Waals surface area contributed by atoms with Gasteiger partial charge >= 0.3 is 0 Å². The summed E-state index contributed by atoms with van der Waals surface area (Å²) in [5.41, 5.74) is 1.68. The Balaban J connectivity index is 1.89. The van der Waals surface area contributed by atoms with Crippen molar-refractivity contribution in [2.45, 2.75) is 13.0 Å². The van der Waals surface area contributed by atoms with Crippen molar-refractivity contribution in [3.8, 4) is 0 Å². The Morgan fingerprint density at radius 1 is 1.05 bits per heavy atom. The van der Waals surface area contributed by atoms with Gasteiger partial charge in [-0.2, -0.15) is 0 Å². The van der Waals surface area contributed by atoms with Gasteiger partial charge in [0.25, 0.3) is 0 Å². The van der Waals surface area contributed by atoms with Crippen molar-refractivity contribution in [2.75, 3.05) is 5.32 Å². The minimum absolute atomic E-state index is 0.00151. The third-order valence-corrected chi connectivity index (χ3v) is 4.01. The molecule has 0 amide bonds. The molecule has 0 spiro atoms. The van der Waals surface area contributed by atoms with Crippen molar-refractivity contribution in [1.29, 1.82) is 0 Å². The van der Waals surface area contributed by atoms with Gasteiger partial charge in [-0.05, 0) is 31.2 Å². The largest absolute Gasteiger partial charge is 0.459 e. The van der Waals surface area contributed by atoms with Crippen LogP contribution in [0.15, 0.2) is 52.9 Å². The summed E-state index contributed by atoms with van der Waals surface area (Å²) in [7, 11) is 0. The highest BCUT2D eigenvalue weighted by Crippen LogP contribution is 2.33. The number of hydrogen-bond donors (Lipinski definition) is 1. The van der Waals surface area contributed by atoms with E-state index in [-0.39, 0.29) is 6.04 Å². The molecule has 0 aliphatic rings.